The number of benzene rings is 1. The van der Waals surface area contributed by atoms with Crippen molar-refractivity contribution in [3.8, 4) is 0 Å². The molecule has 0 saturated heterocycles. The normalized spacial score (nSPS) is 27.4. The molecule has 4 rings (SSSR count). The first-order valence-electron chi connectivity index (χ1n) is 7.76. The molecule has 0 fully saturated rings. The molecule has 2 aliphatic carbocycles. The Balaban J connectivity index is 1.62. The lowest BCUT2D eigenvalue weighted by Crippen LogP contribution is -2.33. The first-order valence-corrected chi connectivity index (χ1v) is 7.76. The van der Waals surface area contributed by atoms with Crippen molar-refractivity contribution in [2.75, 3.05) is 0 Å². The van der Waals surface area contributed by atoms with Crippen molar-refractivity contribution in [3.63, 3.8) is 0 Å². The Kier molecular flexibility index (Phi) is 3.08. The summed E-state index contributed by atoms with van der Waals surface area (Å²) in [6.07, 6.45) is 5.89. The van der Waals surface area contributed by atoms with E-state index in [0.29, 0.717) is 6.04 Å². The third-order valence-corrected chi connectivity index (χ3v) is 4.80. The van der Waals surface area contributed by atoms with Crippen LogP contribution >= 0.6 is 0 Å². The lowest BCUT2D eigenvalue weighted by molar-refractivity contribution is 0.132. The zero-order valence-corrected chi connectivity index (χ0v) is 12.3. The van der Waals surface area contributed by atoms with E-state index in [9.17, 15) is 5.11 Å². The fraction of sp³-hybridized carbons (Fsp3) is 0.471. The summed E-state index contributed by atoms with van der Waals surface area (Å²) < 4.78 is 1.91. The molecule has 0 saturated carbocycles. The van der Waals surface area contributed by atoms with Gasteiger partial charge in [-0.25, -0.2) is 0 Å². The molecule has 21 heavy (non-hydrogen) atoms. The maximum absolute atomic E-state index is 10.4. The van der Waals surface area contributed by atoms with E-state index in [1.807, 2.05) is 17.8 Å². The molecule has 1 aromatic heterocycles. The van der Waals surface area contributed by atoms with Crippen molar-refractivity contribution < 1.29 is 5.11 Å². The Morgan fingerprint density at radius 2 is 2.14 bits per heavy atom. The monoisotopic (exact) mass is 283 g/mol. The fourth-order valence-electron chi connectivity index (χ4n) is 3.83. The molecule has 2 N–H and O–H groups in total. The maximum Gasteiger partial charge on any atom is 0.0775 e. The van der Waals surface area contributed by atoms with Crippen LogP contribution in [0.4, 0.5) is 0 Å². The fourth-order valence-corrected chi connectivity index (χ4v) is 3.83. The predicted octanol–water partition coefficient (Wildman–Crippen LogP) is 2.05. The average molecular weight is 283 g/mol. The highest BCUT2D eigenvalue weighted by molar-refractivity contribution is 5.37. The number of hydrogen-bond donors (Lipinski definition) is 2. The second-order valence-electron chi connectivity index (χ2n) is 6.26. The van der Waals surface area contributed by atoms with Crippen LogP contribution in [-0.4, -0.2) is 21.0 Å². The van der Waals surface area contributed by atoms with E-state index in [-0.39, 0.29) is 12.1 Å². The molecule has 0 spiro atoms. The standard InChI is InChI=1S/C17H21N3O/c1-20-10-13-14(7-4-8-15(13)19-20)18-17-12-6-3-2-5-11(12)9-16(17)21/h2-3,5-6,10,14,16-18,21H,4,7-9H2,1H3/t14?,16-,17+/m0/s1. The molecular formula is C17H21N3O. The highest BCUT2D eigenvalue weighted by Crippen LogP contribution is 2.36. The number of hydrogen-bond acceptors (Lipinski definition) is 3. The van der Waals surface area contributed by atoms with E-state index < -0.39 is 0 Å². The van der Waals surface area contributed by atoms with Gasteiger partial charge in [-0.1, -0.05) is 24.3 Å². The maximum atomic E-state index is 10.4. The zero-order valence-electron chi connectivity index (χ0n) is 12.3. The van der Waals surface area contributed by atoms with Crippen molar-refractivity contribution in [1.29, 1.82) is 0 Å². The lowest BCUT2D eigenvalue weighted by Gasteiger charge is -2.28. The predicted molar refractivity (Wildman–Crippen MR) is 80.9 cm³/mol. The Bertz CT molecular complexity index is 664. The molecule has 1 unspecified atom stereocenters. The lowest BCUT2D eigenvalue weighted by atomic mass is 9.92. The Morgan fingerprint density at radius 1 is 1.29 bits per heavy atom. The molecule has 4 nitrogen and oxygen atoms in total. The summed E-state index contributed by atoms with van der Waals surface area (Å²) in [6.45, 7) is 0. The van der Waals surface area contributed by atoms with Crippen LogP contribution in [-0.2, 0) is 19.9 Å². The number of aliphatic hydroxyl groups is 1. The minimum Gasteiger partial charge on any atom is -0.391 e. The number of nitrogens with zero attached hydrogens (tertiary/aromatic N) is 2. The van der Waals surface area contributed by atoms with Crippen molar-refractivity contribution in [3.05, 3.63) is 52.8 Å². The quantitative estimate of drug-likeness (QED) is 0.887. The van der Waals surface area contributed by atoms with Gasteiger partial charge in [0.2, 0.25) is 0 Å². The van der Waals surface area contributed by atoms with Gasteiger partial charge in [-0.2, -0.15) is 5.10 Å². The summed E-state index contributed by atoms with van der Waals surface area (Å²) >= 11 is 0. The molecule has 1 heterocycles. The summed E-state index contributed by atoms with van der Waals surface area (Å²) in [6, 6.07) is 8.70. The summed E-state index contributed by atoms with van der Waals surface area (Å²) in [5.41, 5.74) is 5.04. The minimum atomic E-state index is -0.329. The Labute approximate surface area is 124 Å². The van der Waals surface area contributed by atoms with Gasteiger partial charge in [0.1, 0.15) is 0 Å². The van der Waals surface area contributed by atoms with Crippen LogP contribution in [0.5, 0.6) is 0 Å². The van der Waals surface area contributed by atoms with Gasteiger partial charge in [0.15, 0.2) is 0 Å². The van der Waals surface area contributed by atoms with Crippen LogP contribution in [0, 0.1) is 0 Å². The molecule has 0 amide bonds. The summed E-state index contributed by atoms with van der Waals surface area (Å²) in [7, 11) is 1.98. The van der Waals surface area contributed by atoms with Gasteiger partial charge in [-0.15, -0.1) is 0 Å². The first-order chi connectivity index (χ1) is 10.2. The number of aryl methyl sites for hydroxylation is 2. The number of rotatable bonds is 2. The van der Waals surface area contributed by atoms with Crippen molar-refractivity contribution in [2.45, 2.75) is 43.9 Å². The molecular weight excluding hydrogens is 262 g/mol. The van der Waals surface area contributed by atoms with Crippen molar-refractivity contribution >= 4 is 0 Å². The molecule has 1 aromatic carbocycles. The average Bonchev–Trinajstić information content (AvgIpc) is 3.00. The summed E-state index contributed by atoms with van der Waals surface area (Å²) in [5.74, 6) is 0. The van der Waals surface area contributed by atoms with Gasteiger partial charge in [0.05, 0.1) is 17.8 Å². The molecule has 0 aliphatic heterocycles. The number of fused-ring (bicyclic) bond motifs is 2. The van der Waals surface area contributed by atoms with E-state index >= 15 is 0 Å². The molecule has 4 heteroatoms. The van der Waals surface area contributed by atoms with E-state index in [0.717, 1.165) is 25.7 Å². The molecule has 110 valence electrons. The molecule has 3 atom stereocenters. The zero-order chi connectivity index (χ0) is 14.4. The Morgan fingerprint density at radius 3 is 3.05 bits per heavy atom. The van der Waals surface area contributed by atoms with Gasteiger partial charge in [-0.3, -0.25) is 4.68 Å². The number of aromatic nitrogens is 2. The molecule has 0 bridgehead atoms. The Hall–Kier alpha value is -1.65. The second-order valence-corrected chi connectivity index (χ2v) is 6.26. The number of nitrogens with one attached hydrogen (secondary N) is 1. The first kappa shape index (κ1) is 13.0. The van der Waals surface area contributed by atoms with Gasteiger partial charge < -0.3 is 10.4 Å². The van der Waals surface area contributed by atoms with Gasteiger partial charge in [0, 0.05) is 31.3 Å². The van der Waals surface area contributed by atoms with E-state index in [1.165, 1.54) is 22.4 Å². The third-order valence-electron chi connectivity index (χ3n) is 4.80. The van der Waals surface area contributed by atoms with Gasteiger partial charge in [0.25, 0.3) is 0 Å². The third kappa shape index (κ3) is 2.19. The second kappa shape index (κ2) is 4.97. The van der Waals surface area contributed by atoms with Crippen LogP contribution in [0.25, 0.3) is 0 Å². The van der Waals surface area contributed by atoms with Crippen LogP contribution in [0.2, 0.25) is 0 Å². The molecule has 2 aromatic rings. The van der Waals surface area contributed by atoms with Crippen molar-refractivity contribution in [1.82, 2.24) is 15.1 Å². The largest absolute Gasteiger partial charge is 0.391 e. The molecule has 2 aliphatic rings. The van der Waals surface area contributed by atoms with Crippen LogP contribution < -0.4 is 5.32 Å². The van der Waals surface area contributed by atoms with Gasteiger partial charge >= 0.3 is 0 Å². The van der Waals surface area contributed by atoms with Crippen LogP contribution in [0.1, 0.15) is 47.3 Å². The van der Waals surface area contributed by atoms with E-state index in [1.54, 1.807) is 0 Å². The topological polar surface area (TPSA) is 50.1 Å². The van der Waals surface area contributed by atoms with E-state index in [2.05, 4.69) is 34.8 Å². The van der Waals surface area contributed by atoms with Crippen LogP contribution in [0.15, 0.2) is 30.5 Å². The summed E-state index contributed by atoms with van der Waals surface area (Å²) in [5, 5.41) is 18.7. The SMILES string of the molecule is Cn1cc2c(n1)CCCC2N[C@@H]1c2ccccc2C[C@@H]1O. The number of aliphatic hydroxyl groups excluding tert-OH is 1. The van der Waals surface area contributed by atoms with Gasteiger partial charge in [-0.05, 0) is 30.4 Å². The highest BCUT2D eigenvalue weighted by Gasteiger charge is 2.34. The van der Waals surface area contributed by atoms with Crippen molar-refractivity contribution in [2.24, 2.45) is 7.05 Å². The summed E-state index contributed by atoms with van der Waals surface area (Å²) in [4.78, 5) is 0. The highest BCUT2D eigenvalue weighted by atomic mass is 16.3. The van der Waals surface area contributed by atoms with Crippen LogP contribution in [0.3, 0.4) is 0 Å². The minimum absolute atomic E-state index is 0.0392. The smallest absolute Gasteiger partial charge is 0.0775 e. The van der Waals surface area contributed by atoms with E-state index in [4.69, 9.17) is 0 Å². The molecule has 0 radical (unpaired) electrons.